The van der Waals surface area contributed by atoms with Gasteiger partial charge in [0.15, 0.2) is 0 Å². The number of hydrogen-bond donors (Lipinski definition) is 2. The van der Waals surface area contributed by atoms with E-state index in [-0.39, 0.29) is 11.8 Å². The van der Waals surface area contributed by atoms with E-state index in [0.717, 1.165) is 38.9 Å². The van der Waals surface area contributed by atoms with Gasteiger partial charge in [-0.05, 0) is 37.3 Å². The molecule has 1 aromatic rings. The van der Waals surface area contributed by atoms with Crippen LogP contribution in [0, 0.1) is 11.8 Å². The lowest BCUT2D eigenvalue weighted by Gasteiger charge is -2.32. The number of carbonyl (C=O) groups excluding carboxylic acids is 1. The predicted octanol–water partition coefficient (Wildman–Crippen LogP) is 2.42. The van der Waals surface area contributed by atoms with E-state index in [4.69, 9.17) is 0 Å². The minimum absolute atomic E-state index is 0.0405. The van der Waals surface area contributed by atoms with Gasteiger partial charge in [-0.3, -0.25) is 9.69 Å². The van der Waals surface area contributed by atoms with Crippen LogP contribution in [0.3, 0.4) is 0 Å². The Kier molecular flexibility index (Phi) is 7.06. The van der Waals surface area contributed by atoms with Crippen LogP contribution in [0.4, 0.5) is 0 Å². The van der Waals surface area contributed by atoms with Gasteiger partial charge >= 0.3 is 0 Å². The average molecular weight is 318 g/mol. The Morgan fingerprint density at radius 2 is 2.09 bits per heavy atom. The van der Waals surface area contributed by atoms with E-state index < -0.39 is 6.10 Å². The van der Waals surface area contributed by atoms with E-state index in [1.807, 2.05) is 6.07 Å². The van der Waals surface area contributed by atoms with Gasteiger partial charge in [-0.2, -0.15) is 0 Å². The lowest BCUT2D eigenvalue weighted by molar-refractivity contribution is -0.127. The van der Waals surface area contributed by atoms with E-state index in [2.05, 4.69) is 48.3 Å². The number of amides is 1. The lowest BCUT2D eigenvalue weighted by Crippen LogP contribution is -2.44. The fourth-order valence-corrected chi connectivity index (χ4v) is 3.24. The Hall–Kier alpha value is -1.39. The smallest absolute Gasteiger partial charge is 0.224 e. The molecule has 4 heteroatoms. The Balaban J connectivity index is 1.77. The first-order valence-electron chi connectivity index (χ1n) is 8.76. The van der Waals surface area contributed by atoms with E-state index in [0.29, 0.717) is 12.5 Å². The molecule has 0 saturated carbocycles. The number of nitrogens with zero attached hydrogens (tertiary/aromatic N) is 1. The number of aliphatic hydroxyl groups excluding tert-OH is 1. The number of piperidine rings is 1. The van der Waals surface area contributed by atoms with Crippen molar-refractivity contribution >= 4 is 5.91 Å². The van der Waals surface area contributed by atoms with Crippen LogP contribution in [0.25, 0.3) is 0 Å². The van der Waals surface area contributed by atoms with Gasteiger partial charge in [-0.25, -0.2) is 0 Å². The molecule has 128 valence electrons. The minimum Gasteiger partial charge on any atom is -0.391 e. The summed E-state index contributed by atoms with van der Waals surface area (Å²) in [5, 5.41) is 12.8. The molecule has 1 fully saturated rings. The Bertz CT molecular complexity index is 476. The molecule has 0 spiro atoms. The molecule has 0 bridgehead atoms. The molecule has 2 unspecified atom stereocenters. The quantitative estimate of drug-likeness (QED) is 0.812. The molecular formula is C19H30N2O2. The highest BCUT2D eigenvalue weighted by Gasteiger charge is 2.26. The number of nitrogens with one attached hydrogen (secondary N) is 1. The van der Waals surface area contributed by atoms with Gasteiger partial charge in [0.25, 0.3) is 0 Å². The summed E-state index contributed by atoms with van der Waals surface area (Å²) >= 11 is 0. The standard InChI is InChI=1S/C19H30N2O2/c1-15(2)11-18(22)12-20-19(23)17-9-6-10-21(14-17)13-16-7-4-3-5-8-16/h3-5,7-8,15,17-18,22H,6,9-14H2,1-2H3,(H,20,23). The molecule has 2 N–H and O–H groups in total. The number of carbonyl (C=O) groups is 1. The molecule has 0 radical (unpaired) electrons. The van der Waals surface area contributed by atoms with E-state index >= 15 is 0 Å². The summed E-state index contributed by atoms with van der Waals surface area (Å²) in [7, 11) is 0. The number of benzene rings is 1. The SMILES string of the molecule is CC(C)CC(O)CNC(=O)C1CCCN(Cc2ccccc2)C1. The maximum absolute atomic E-state index is 12.3. The van der Waals surface area contributed by atoms with Gasteiger partial charge in [0.05, 0.1) is 12.0 Å². The summed E-state index contributed by atoms with van der Waals surface area (Å²) in [6.45, 7) is 7.28. The zero-order valence-corrected chi connectivity index (χ0v) is 14.4. The number of rotatable bonds is 7. The summed E-state index contributed by atoms with van der Waals surface area (Å²) in [4.78, 5) is 14.7. The fourth-order valence-electron chi connectivity index (χ4n) is 3.24. The molecular weight excluding hydrogens is 288 g/mol. The van der Waals surface area contributed by atoms with Gasteiger partial charge in [-0.1, -0.05) is 44.2 Å². The number of likely N-dealkylation sites (tertiary alicyclic amines) is 1. The second-order valence-electron chi connectivity index (χ2n) is 7.09. The predicted molar refractivity (Wildman–Crippen MR) is 92.9 cm³/mol. The summed E-state index contributed by atoms with van der Waals surface area (Å²) in [6.07, 6.45) is 2.28. The molecule has 2 rings (SSSR count). The third kappa shape index (κ3) is 6.32. The molecule has 0 aromatic heterocycles. The van der Waals surface area contributed by atoms with Crippen molar-refractivity contribution in [3.63, 3.8) is 0 Å². The van der Waals surface area contributed by atoms with Crippen LogP contribution in [0.1, 0.15) is 38.7 Å². The highest BCUT2D eigenvalue weighted by atomic mass is 16.3. The fraction of sp³-hybridized carbons (Fsp3) is 0.632. The van der Waals surface area contributed by atoms with Gasteiger partial charge in [0.2, 0.25) is 5.91 Å². The van der Waals surface area contributed by atoms with Crippen molar-refractivity contribution in [2.45, 2.75) is 45.8 Å². The molecule has 1 heterocycles. The highest BCUT2D eigenvalue weighted by Crippen LogP contribution is 2.19. The molecule has 1 aliphatic rings. The Morgan fingerprint density at radius 1 is 1.35 bits per heavy atom. The van der Waals surface area contributed by atoms with Gasteiger partial charge < -0.3 is 10.4 Å². The third-order valence-corrected chi connectivity index (χ3v) is 4.38. The van der Waals surface area contributed by atoms with Crippen LogP contribution < -0.4 is 5.32 Å². The maximum atomic E-state index is 12.3. The largest absolute Gasteiger partial charge is 0.391 e. The minimum atomic E-state index is -0.442. The van der Waals surface area contributed by atoms with Gasteiger partial charge in [0.1, 0.15) is 0 Å². The van der Waals surface area contributed by atoms with Crippen molar-refractivity contribution in [3.05, 3.63) is 35.9 Å². The van der Waals surface area contributed by atoms with Crippen molar-refractivity contribution in [3.8, 4) is 0 Å². The molecule has 1 amide bonds. The van der Waals surface area contributed by atoms with E-state index in [1.165, 1.54) is 5.56 Å². The molecule has 0 aliphatic carbocycles. The van der Waals surface area contributed by atoms with Crippen LogP contribution >= 0.6 is 0 Å². The molecule has 1 aromatic carbocycles. The molecule has 4 nitrogen and oxygen atoms in total. The average Bonchev–Trinajstić information content (AvgIpc) is 2.53. The van der Waals surface area contributed by atoms with Crippen molar-refractivity contribution in [2.75, 3.05) is 19.6 Å². The van der Waals surface area contributed by atoms with Crippen LogP contribution in [-0.4, -0.2) is 41.7 Å². The summed E-state index contributed by atoms with van der Waals surface area (Å²) in [6, 6.07) is 10.4. The highest BCUT2D eigenvalue weighted by molar-refractivity contribution is 5.79. The van der Waals surface area contributed by atoms with Crippen LogP contribution in [0.5, 0.6) is 0 Å². The third-order valence-electron chi connectivity index (χ3n) is 4.38. The van der Waals surface area contributed by atoms with Crippen molar-refractivity contribution in [1.82, 2.24) is 10.2 Å². The molecule has 1 aliphatic heterocycles. The zero-order chi connectivity index (χ0) is 16.7. The lowest BCUT2D eigenvalue weighted by atomic mass is 9.96. The summed E-state index contributed by atoms with van der Waals surface area (Å²) in [5.74, 6) is 0.572. The molecule has 1 saturated heterocycles. The first-order chi connectivity index (χ1) is 11.0. The van der Waals surface area contributed by atoms with E-state index in [1.54, 1.807) is 0 Å². The van der Waals surface area contributed by atoms with Crippen LogP contribution in [0.2, 0.25) is 0 Å². The number of aliphatic hydroxyl groups is 1. The summed E-state index contributed by atoms with van der Waals surface area (Å²) < 4.78 is 0. The first-order valence-corrected chi connectivity index (χ1v) is 8.76. The first kappa shape index (κ1) is 18.0. The Morgan fingerprint density at radius 3 is 2.78 bits per heavy atom. The van der Waals surface area contributed by atoms with Crippen molar-refractivity contribution in [1.29, 1.82) is 0 Å². The van der Waals surface area contributed by atoms with Gasteiger partial charge in [0, 0.05) is 19.6 Å². The van der Waals surface area contributed by atoms with Crippen molar-refractivity contribution < 1.29 is 9.90 Å². The van der Waals surface area contributed by atoms with E-state index in [9.17, 15) is 9.90 Å². The topological polar surface area (TPSA) is 52.6 Å². The van der Waals surface area contributed by atoms with Gasteiger partial charge in [-0.15, -0.1) is 0 Å². The van der Waals surface area contributed by atoms with Crippen LogP contribution in [0.15, 0.2) is 30.3 Å². The second kappa shape index (κ2) is 9.04. The zero-order valence-electron chi connectivity index (χ0n) is 14.4. The van der Waals surface area contributed by atoms with Crippen molar-refractivity contribution in [2.24, 2.45) is 11.8 Å². The van der Waals surface area contributed by atoms with Crippen LogP contribution in [-0.2, 0) is 11.3 Å². The number of hydrogen-bond acceptors (Lipinski definition) is 3. The molecule has 2 atom stereocenters. The second-order valence-corrected chi connectivity index (χ2v) is 7.09. The maximum Gasteiger partial charge on any atom is 0.224 e. The monoisotopic (exact) mass is 318 g/mol. The normalized spacial score (nSPS) is 20.4. The summed E-state index contributed by atoms with van der Waals surface area (Å²) in [5.41, 5.74) is 1.29. The molecule has 23 heavy (non-hydrogen) atoms. The Labute approximate surface area is 139 Å².